The van der Waals surface area contributed by atoms with E-state index in [0.717, 1.165) is 0 Å². The van der Waals surface area contributed by atoms with Crippen molar-refractivity contribution in [2.45, 2.75) is 59.2 Å². The zero-order valence-electron chi connectivity index (χ0n) is 13.5. The molecule has 0 aromatic heterocycles. The van der Waals surface area contributed by atoms with Gasteiger partial charge in [-0.1, -0.05) is 64.2 Å². The topological polar surface area (TPSA) is 9.23 Å². The molecule has 3 heteroatoms. The van der Waals surface area contributed by atoms with Crippen molar-refractivity contribution in [1.29, 1.82) is 0 Å². The summed E-state index contributed by atoms with van der Waals surface area (Å²) in [6, 6.07) is 0. The van der Waals surface area contributed by atoms with E-state index in [0.29, 0.717) is 12.5 Å². The van der Waals surface area contributed by atoms with Gasteiger partial charge in [-0.25, -0.2) is 0 Å². The third-order valence-electron chi connectivity index (χ3n) is 2.71. The molecule has 0 amide bonds. The van der Waals surface area contributed by atoms with E-state index < -0.39 is 16.1 Å². The van der Waals surface area contributed by atoms with Crippen molar-refractivity contribution in [3.63, 3.8) is 0 Å². The van der Waals surface area contributed by atoms with Crippen molar-refractivity contribution in [2.75, 3.05) is 6.61 Å². The maximum atomic E-state index is 5.97. The lowest BCUT2D eigenvalue weighted by atomic mass is 10.1. The van der Waals surface area contributed by atoms with E-state index in [1.807, 2.05) is 0 Å². The fraction of sp³-hybridized carbons (Fsp3) is 0.733. The Kier molecular flexibility index (Phi) is 6.63. The average Bonchev–Trinajstić information content (AvgIpc) is 2.13. The minimum absolute atomic E-state index is 0.160. The number of hydrogen-bond donors (Lipinski definition) is 0. The van der Waals surface area contributed by atoms with Crippen molar-refractivity contribution < 1.29 is 4.74 Å². The molecule has 0 bridgehead atoms. The van der Waals surface area contributed by atoms with Crippen LogP contribution in [0.3, 0.4) is 0 Å². The van der Waals surface area contributed by atoms with Gasteiger partial charge in [-0.2, -0.15) is 0 Å². The van der Waals surface area contributed by atoms with Crippen molar-refractivity contribution in [1.82, 2.24) is 0 Å². The molecule has 0 spiro atoms. The van der Waals surface area contributed by atoms with Crippen LogP contribution in [0.1, 0.15) is 13.8 Å². The molecule has 0 aliphatic carbocycles. The molecule has 0 aliphatic rings. The Labute approximate surface area is 116 Å². The van der Waals surface area contributed by atoms with Gasteiger partial charge >= 0.3 is 0 Å². The van der Waals surface area contributed by atoms with E-state index in [4.69, 9.17) is 4.74 Å². The molecule has 0 aliphatic heterocycles. The molecule has 0 fully saturated rings. The maximum Gasteiger partial charge on any atom is 0.129 e. The quantitative estimate of drug-likeness (QED) is 0.538. The van der Waals surface area contributed by atoms with Crippen LogP contribution in [0.15, 0.2) is 11.8 Å². The number of rotatable bonds is 5. The molecule has 0 aromatic carbocycles. The molecule has 0 saturated heterocycles. The fourth-order valence-corrected chi connectivity index (χ4v) is 3.43. The smallest absolute Gasteiger partial charge is 0.129 e. The Morgan fingerprint density at radius 3 is 1.94 bits per heavy atom. The monoisotopic (exact) mass is 282 g/mol. The van der Waals surface area contributed by atoms with E-state index in [-0.39, 0.29) is 6.10 Å². The molecule has 0 heterocycles. The van der Waals surface area contributed by atoms with Crippen LogP contribution in [0.25, 0.3) is 0 Å². The van der Waals surface area contributed by atoms with Crippen LogP contribution in [-0.4, -0.2) is 28.9 Å². The lowest BCUT2D eigenvalue weighted by Crippen LogP contribution is -2.36. The summed E-state index contributed by atoms with van der Waals surface area (Å²) in [6.07, 6.45) is 0.160. The van der Waals surface area contributed by atoms with Gasteiger partial charge in [-0.05, 0) is 5.92 Å². The van der Waals surface area contributed by atoms with Gasteiger partial charge in [0.2, 0.25) is 0 Å². The van der Waals surface area contributed by atoms with Gasteiger partial charge in [0.05, 0.1) is 14.2 Å². The molecular weight excluding hydrogens is 252 g/mol. The van der Waals surface area contributed by atoms with Gasteiger partial charge in [-0.15, -0.1) is 12.1 Å². The summed E-state index contributed by atoms with van der Waals surface area (Å²) < 4.78 is 5.97. The lowest BCUT2D eigenvalue weighted by molar-refractivity contribution is 0.0754. The van der Waals surface area contributed by atoms with Crippen LogP contribution in [0.5, 0.6) is 0 Å². The SMILES string of the molecule is C=C(C(OCC#C[Si](C)(C)C)C(C)C)[Si](C)(C)C. The minimum Gasteiger partial charge on any atom is -0.361 e. The van der Waals surface area contributed by atoms with E-state index >= 15 is 0 Å². The normalized spacial score (nSPS) is 14.1. The molecule has 1 nitrogen and oxygen atoms in total. The van der Waals surface area contributed by atoms with E-state index in [2.05, 4.69) is 71.2 Å². The molecule has 0 N–H and O–H groups in total. The Morgan fingerprint density at radius 1 is 1.11 bits per heavy atom. The summed E-state index contributed by atoms with van der Waals surface area (Å²) in [4.78, 5) is 0. The first-order valence-corrected chi connectivity index (χ1v) is 13.8. The summed E-state index contributed by atoms with van der Waals surface area (Å²) >= 11 is 0. The van der Waals surface area contributed by atoms with Gasteiger partial charge in [0.1, 0.15) is 14.7 Å². The lowest BCUT2D eigenvalue weighted by Gasteiger charge is -2.30. The van der Waals surface area contributed by atoms with E-state index in [1.54, 1.807) is 0 Å². The molecular formula is C15H30OSi2. The third-order valence-corrected chi connectivity index (χ3v) is 5.85. The molecule has 104 valence electrons. The molecule has 18 heavy (non-hydrogen) atoms. The maximum absolute atomic E-state index is 5.97. The first-order valence-electron chi connectivity index (χ1n) is 6.76. The number of ether oxygens (including phenoxy) is 1. The predicted octanol–water partition coefficient (Wildman–Crippen LogP) is 4.34. The Balaban J connectivity index is 4.57. The van der Waals surface area contributed by atoms with Gasteiger partial charge in [-0.3, -0.25) is 0 Å². The summed E-state index contributed by atoms with van der Waals surface area (Å²) in [5.74, 6) is 3.65. The zero-order valence-corrected chi connectivity index (χ0v) is 15.5. The summed E-state index contributed by atoms with van der Waals surface area (Å²) in [6.45, 7) is 22.9. The van der Waals surface area contributed by atoms with Crippen LogP contribution >= 0.6 is 0 Å². The van der Waals surface area contributed by atoms with E-state index in [1.165, 1.54) is 5.20 Å². The highest BCUT2D eigenvalue weighted by Crippen LogP contribution is 2.23. The van der Waals surface area contributed by atoms with Crippen molar-refractivity contribution in [3.8, 4) is 11.5 Å². The first kappa shape index (κ1) is 17.7. The van der Waals surface area contributed by atoms with Crippen molar-refractivity contribution in [3.05, 3.63) is 11.8 Å². The van der Waals surface area contributed by atoms with Gasteiger partial charge in [0, 0.05) is 0 Å². The molecule has 0 rings (SSSR count). The van der Waals surface area contributed by atoms with Gasteiger partial charge in [0.15, 0.2) is 0 Å². The van der Waals surface area contributed by atoms with Crippen LogP contribution in [-0.2, 0) is 4.74 Å². The van der Waals surface area contributed by atoms with Crippen LogP contribution in [0, 0.1) is 17.4 Å². The standard InChI is InChI=1S/C15H30OSi2/c1-13(2)15(14(3)18(7,8)9)16-11-10-12-17(4,5)6/h13,15H,3,11H2,1-2,4-9H3. The van der Waals surface area contributed by atoms with Crippen molar-refractivity contribution >= 4 is 16.1 Å². The zero-order chi connectivity index (χ0) is 14.6. The minimum atomic E-state index is -1.34. The largest absolute Gasteiger partial charge is 0.361 e. The summed E-state index contributed by atoms with van der Waals surface area (Å²) in [7, 11) is -2.62. The Bertz CT molecular complexity index is 334. The van der Waals surface area contributed by atoms with Crippen LogP contribution in [0.4, 0.5) is 0 Å². The van der Waals surface area contributed by atoms with Crippen LogP contribution in [0.2, 0.25) is 39.3 Å². The highest BCUT2D eigenvalue weighted by molar-refractivity contribution is 6.84. The number of hydrogen-bond acceptors (Lipinski definition) is 1. The predicted molar refractivity (Wildman–Crippen MR) is 88.2 cm³/mol. The molecule has 1 unspecified atom stereocenters. The highest BCUT2D eigenvalue weighted by atomic mass is 28.3. The second-order valence-electron chi connectivity index (χ2n) is 7.30. The average molecular weight is 283 g/mol. The fourth-order valence-electron chi connectivity index (χ4n) is 1.55. The summed E-state index contributed by atoms with van der Waals surface area (Å²) in [5.41, 5.74) is 3.34. The second kappa shape index (κ2) is 6.74. The molecule has 0 radical (unpaired) electrons. The summed E-state index contributed by atoms with van der Waals surface area (Å²) in [5, 5.41) is 1.30. The first-order chi connectivity index (χ1) is 7.95. The third kappa shape index (κ3) is 7.20. The molecule has 0 aromatic rings. The highest BCUT2D eigenvalue weighted by Gasteiger charge is 2.27. The van der Waals surface area contributed by atoms with Crippen LogP contribution < -0.4 is 0 Å². The Morgan fingerprint density at radius 2 is 1.61 bits per heavy atom. The Hall–Kier alpha value is -0.306. The van der Waals surface area contributed by atoms with Gasteiger partial charge in [0.25, 0.3) is 0 Å². The van der Waals surface area contributed by atoms with Crippen molar-refractivity contribution in [2.24, 2.45) is 5.92 Å². The molecule has 0 saturated carbocycles. The van der Waals surface area contributed by atoms with Gasteiger partial charge < -0.3 is 4.74 Å². The van der Waals surface area contributed by atoms with E-state index in [9.17, 15) is 0 Å². The second-order valence-corrected chi connectivity index (χ2v) is 17.2. The molecule has 1 atom stereocenters.